The van der Waals surface area contributed by atoms with E-state index >= 15 is 0 Å². The number of aliphatic hydroxyl groups excluding tert-OH is 1. The summed E-state index contributed by atoms with van der Waals surface area (Å²) in [7, 11) is 0. The third-order valence-electron chi connectivity index (χ3n) is 2.42. The van der Waals surface area contributed by atoms with Gasteiger partial charge in [-0.3, -0.25) is 4.99 Å². The van der Waals surface area contributed by atoms with Crippen molar-refractivity contribution in [3.63, 3.8) is 0 Å². The van der Waals surface area contributed by atoms with E-state index in [1.165, 1.54) is 6.08 Å². The van der Waals surface area contributed by atoms with Crippen molar-refractivity contribution in [2.45, 2.75) is 26.5 Å². The highest BCUT2D eigenvalue weighted by molar-refractivity contribution is 8.13. The van der Waals surface area contributed by atoms with Gasteiger partial charge in [0.25, 0.3) is 0 Å². The zero-order valence-corrected chi connectivity index (χ0v) is 13.0. The fourth-order valence-corrected chi connectivity index (χ4v) is 2.64. The highest BCUT2D eigenvalue weighted by Gasteiger charge is 2.03. The summed E-state index contributed by atoms with van der Waals surface area (Å²) in [4.78, 5) is 4.36. The zero-order valence-electron chi connectivity index (χ0n) is 11.4. The van der Waals surface area contributed by atoms with Crippen LogP contribution in [-0.4, -0.2) is 10.2 Å². The first kappa shape index (κ1) is 15.9. The van der Waals surface area contributed by atoms with Crippen LogP contribution in [0.25, 0.3) is 0 Å². The number of halogens is 1. The van der Waals surface area contributed by atoms with Crippen LogP contribution in [-0.2, 0) is 5.75 Å². The van der Waals surface area contributed by atoms with Crippen LogP contribution in [0.4, 0.5) is 0 Å². The molecule has 0 saturated carbocycles. The van der Waals surface area contributed by atoms with Crippen molar-refractivity contribution in [2.24, 2.45) is 4.99 Å². The Bertz CT molecular complexity index is 535. The number of allylic oxidation sites excluding steroid dienone is 2. The first-order valence-corrected chi connectivity index (χ1v) is 7.24. The van der Waals surface area contributed by atoms with Gasteiger partial charge in [0.05, 0.1) is 5.04 Å². The number of hydrogen-bond donors (Lipinski definition) is 1. The molecule has 0 atom stereocenters. The first-order valence-electron chi connectivity index (χ1n) is 5.88. The minimum absolute atomic E-state index is 0.0146. The van der Waals surface area contributed by atoms with Crippen molar-refractivity contribution >= 4 is 28.4 Å². The Hall–Kier alpha value is -1.19. The molecule has 4 heteroatoms. The van der Waals surface area contributed by atoms with Gasteiger partial charge in [-0.1, -0.05) is 36.4 Å². The maximum Gasteiger partial charge on any atom is 0.110 e. The third-order valence-corrected chi connectivity index (χ3v) is 3.92. The van der Waals surface area contributed by atoms with Crippen molar-refractivity contribution < 1.29 is 5.11 Å². The molecule has 19 heavy (non-hydrogen) atoms. The topological polar surface area (TPSA) is 32.6 Å². The van der Waals surface area contributed by atoms with E-state index in [-0.39, 0.29) is 5.76 Å². The summed E-state index contributed by atoms with van der Waals surface area (Å²) in [5, 5.41) is 10.8. The second-order valence-electron chi connectivity index (χ2n) is 4.24. The van der Waals surface area contributed by atoms with E-state index in [2.05, 4.69) is 11.6 Å². The molecule has 0 amide bonds. The molecule has 0 spiro atoms. The number of aliphatic imine (C=N–C) groups is 1. The molecule has 0 fully saturated rings. The molecule has 0 aromatic heterocycles. The molecule has 0 radical (unpaired) electrons. The third kappa shape index (κ3) is 5.53. The smallest absolute Gasteiger partial charge is 0.110 e. The van der Waals surface area contributed by atoms with E-state index in [0.29, 0.717) is 0 Å². The Labute approximate surface area is 123 Å². The van der Waals surface area contributed by atoms with E-state index in [4.69, 9.17) is 16.7 Å². The minimum Gasteiger partial charge on any atom is -0.509 e. The van der Waals surface area contributed by atoms with Crippen molar-refractivity contribution in [3.8, 4) is 0 Å². The number of rotatable bonds is 4. The van der Waals surface area contributed by atoms with E-state index in [1.807, 2.05) is 39.0 Å². The summed E-state index contributed by atoms with van der Waals surface area (Å²) >= 11 is 7.86. The van der Waals surface area contributed by atoms with Gasteiger partial charge in [-0.15, -0.1) is 11.8 Å². The molecule has 0 heterocycles. The van der Waals surface area contributed by atoms with Gasteiger partial charge in [-0.25, -0.2) is 0 Å². The number of benzene rings is 1. The molecule has 1 rings (SSSR count). The summed E-state index contributed by atoms with van der Waals surface area (Å²) in [5.41, 5.74) is 2.92. The molecule has 1 N–H and O–H groups in total. The van der Waals surface area contributed by atoms with Crippen LogP contribution in [0.5, 0.6) is 0 Å². The number of thioether (sulfide) groups is 1. The largest absolute Gasteiger partial charge is 0.509 e. The van der Waals surface area contributed by atoms with Gasteiger partial charge >= 0.3 is 0 Å². The van der Waals surface area contributed by atoms with Crippen molar-refractivity contribution in [1.29, 1.82) is 0 Å². The van der Waals surface area contributed by atoms with Crippen molar-refractivity contribution in [1.82, 2.24) is 0 Å². The van der Waals surface area contributed by atoms with Crippen LogP contribution < -0.4 is 0 Å². The summed E-state index contributed by atoms with van der Waals surface area (Å²) in [6, 6.07) is 6.02. The summed E-state index contributed by atoms with van der Waals surface area (Å²) in [6.45, 7) is 9.16. The van der Waals surface area contributed by atoms with Gasteiger partial charge in [-0.2, -0.15) is 0 Å². The molecule has 1 aromatic rings. The van der Waals surface area contributed by atoms with Gasteiger partial charge < -0.3 is 5.11 Å². The van der Waals surface area contributed by atoms with Crippen LogP contribution in [0, 0.1) is 6.92 Å². The minimum atomic E-state index is 0.0146. The van der Waals surface area contributed by atoms with E-state index in [1.54, 1.807) is 11.8 Å². The average Bonchev–Trinajstić information content (AvgIpc) is 2.30. The molecular formula is C15H18ClNOS. The normalized spacial score (nSPS) is 12.6. The number of nitrogens with zero attached hydrogens (tertiary/aromatic N) is 1. The maximum atomic E-state index is 9.05. The van der Waals surface area contributed by atoms with Crippen LogP contribution in [0.1, 0.15) is 25.0 Å². The molecule has 2 nitrogen and oxygen atoms in total. The maximum absolute atomic E-state index is 9.05. The van der Waals surface area contributed by atoms with Crippen LogP contribution >= 0.6 is 23.4 Å². The van der Waals surface area contributed by atoms with Crippen molar-refractivity contribution in [2.75, 3.05) is 0 Å². The fourth-order valence-electron chi connectivity index (χ4n) is 1.56. The molecular weight excluding hydrogens is 278 g/mol. The summed E-state index contributed by atoms with van der Waals surface area (Å²) < 4.78 is 0. The standard InChI is InChI=1S/C15H18ClNOS/c1-10-6-5-7-14(15(10)16)9-19-13(4)17-11(2)8-12(3)18/h5-8,18H,3,9H2,1-2,4H3/b11-8-,17-13+. The number of aliphatic hydroxyl groups is 1. The molecule has 0 aliphatic heterocycles. The number of hydrogen-bond acceptors (Lipinski definition) is 3. The fraction of sp³-hybridized carbons (Fsp3) is 0.267. The Morgan fingerprint density at radius 2 is 2.16 bits per heavy atom. The Morgan fingerprint density at radius 3 is 2.79 bits per heavy atom. The highest BCUT2D eigenvalue weighted by atomic mass is 35.5. The van der Waals surface area contributed by atoms with E-state index in [9.17, 15) is 0 Å². The Kier molecular flexibility index (Phi) is 6.19. The lowest BCUT2D eigenvalue weighted by molar-refractivity contribution is 0.434. The predicted molar refractivity (Wildman–Crippen MR) is 86.1 cm³/mol. The van der Waals surface area contributed by atoms with Crippen LogP contribution in [0.15, 0.2) is 47.3 Å². The van der Waals surface area contributed by atoms with E-state index < -0.39 is 0 Å². The molecule has 0 aliphatic rings. The average molecular weight is 296 g/mol. The summed E-state index contributed by atoms with van der Waals surface area (Å²) in [6.07, 6.45) is 1.53. The molecule has 0 saturated heterocycles. The second kappa shape index (κ2) is 7.41. The van der Waals surface area contributed by atoms with Gasteiger partial charge in [0.1, 0.15) is 5.76 Å². The molecule has 0 unspecified atom stereocenters. The monoisotopic (exact) mass is 295 g/mol. The van der Waals surface area contributed by atoms with Crippen LogP contribution in [0.3, 0.4) is 0 Å². The molecule has 0 aliphatic carbocycles. The van der Waals surface area contributed by atoms with Crippen molar-refractivity contribution in [3.05, 3.63) is 58.5 Å². The van der Waals surface area contributed by atoms with E-state index in [0.717, 1.165) is 32.6 Å². The Balaban J connectivity index is 2.69. The number of aryl methyl sites for hydroxylation is 1. The molecule has 0 bridgehead atoms. The molecule has 1 aromatic carbocycles. The van der Waals surface area contributed by atoms with Gasteiger partial charge in [0, 0.05) is 22.5 Å². The SMILES string of the molecule is C=C(O)/C=C(C)\N=C(/C)SCc1cccc(C)c1Cl. The molecule has 102 valence electrons. The van der Waals surface area contributed by atoms with Gasteiger partial charge in [-0.05, 0) is 31.9 Å². The first-order chi connectivity index (χ1) is 8.90. The lowest BCUT2D eigenvalue weighted by atomic mass is 10.2. The predicted octanol–water partition coefficient (Wildman–Crippen LogP) is 5.28. The van der Waals surface area contributed by atoms with Crippen LogP contribution in [0.2, 0.25) is 5.02 Å². The quantitative estimate of drug-likeness (QED) is 0.355. The zero-order chi connectivity index (χ0) is 14.4. The van der Waals surface area contributed by atoms with Gasteiger partial charge in [0.15, 0.2) is 0 Å². The summed E-state index contributed by atoms with van der Waals surface area (Å²) in [5.74, 6) is 0.796. The Morgan fingerprint density at radius 1 is 1.47 bits per heavy atom. The lowest BCUT2D eigenvalue weighted by Gasteiger charge is -2.06. The second-order valence-corrected chi connectivity index (χ2v) is 5.79. The van der Waals surface area contributed by atoms with Gasteiger partial charge in [0.2, 0.25) is 0 Å². The lowest BCUT2D eigenvalue weighted by Crippen LogP contribution is -1.90. The highest BCUT2D eigenvalue weighted by Crippen LogP contribution is 2.25.